The summed E-state index contributed by atoms with van der Waals surface area (Å²) in [5.41, 5.74) is 5.39. The van der Waals surface area contributed by atoms with E-state index >= 15 is 0 Å². The molecule has 3 aromatic rings. The molecule has 1 N–H and O–H groups in total. The normalized spacial score (nSPS) is 22.7. The molecule has 0 unspecified atom stereocenters. The van der Waals surface area contributed by atoms with Gasteiger partial charge >= 0.3 is 5.97 Å². The molecule has 210 valence electrons. The highest BCUT2D eigenvalue weighted by Gasteiger charge is 2.63. The van der Waals surface area contributed by atoms with Crippen molar-refractivity contribution >= 4 is 56.9 Å². The molecule has 7 nitrogen and oxygen atoms in total. The molecular formula is C32H28BrClN2O5. The molecule has 2 bridgehead atoms. The van der Waals surface area contributed by atoms with Crippen molar-refractivity contribution in [3.8, 4) is 0 Å². The van der Waals surface area contributed by atoms with Crippen LogP contribution in [0, 0.1) is 24.7 Å². The summed E-state index contributed by atoms with van der Waals surface area (Å²) in [7, 11) is 0. The smallest absolute Gasteiger partial charge is 0.330 e. The largest absolute Gasteiger partial charge is 0.454 e. The summed E-state index contributed by atoms with van der Waals surface area (Å²) in [6.45, 7) is 4.72. The van der Waals surface area contributed by atoms with Crippen LogP contribution >= 0.6 is 27.5 Å². The second kappa shape index (κ2) is 10.4. The van der Waals surface area contributed by atoms with Crippen molar-refractivity contribution in [3.63, 3.8) is 0 Å². The molecule has 0 saturated carbocycles. The number of anilines is 1. The van der Waals surface area contributed by atoms with Crippen LogP contribution in [0.5, 0.6) is 0 Å². The molecule has 7 rings (SSSR count). The van der Waals surface area contributed by atoms with Gasteiger partial charge in [-0.05, 0) is 68.7 Å². The number of halogens is 2. The van der Waals surface area contributed by atoms with E-state index in [2.05, 4.69) is 21.2 Å². The number of carbonyl (C=O) groups is 4. The highest BCUT2D eigenvalue weighted by atomic mass is 79.9. The molecule has 0 radical (unpaired) electrons. The van der Waals surface area contributed by atoms with E-state index in [1.807, 2.05) is 48.5 Å². The Morgan fingerprint density at radius 1 is 0.902 bits per heavy atom. The Labute approximate surface area is 251 Å². The van der Waals surface area contributed by atoms with Crippen molar-refractivity contribution in [2.24, 2.45) is 17.8 Å². The highest BCUT2D eigenvalue weighted by Crippen LogP contribution is 2.61. The van der Waals surface area contributed by atoms with Crippen LogP contribution in [0.4, 0.5) is 5.69 Å². The minimum atomic E-state index is -1.15. The van der Waals surface area contributed by atoms with Crippen LogP contribution in [-0.2, 0) is 23.9 Å². The first-order valence-electron chi connectivity index (χ1n) is 13.6. The van der Waals surface area contributed by atoms with Gasteiger partial charge in [0, 0.05) is 22.0 Å². The summed E-state index contributed by atoms with van der Waals surface area (Å²) < 4.78 is 6.10. The number of hydrogen-bond acceptors (Lipinski definition) is 5. The van der Waals surface area contributed by atoms with Crippen LogP contribution in [-0.4, -0.2) is 41.2 Å². The lowest BCUT2D eigenvalue weighted by atomic mass is 9.55. The number of rotatable bonds is 6. The Morgan fingerprint density at radius 3 is 1.85 bits per heavy atom. The lowest BCUT2D eigenvalue weighted by Crippen LogP contribution is -2.49. The van der Waals surface area contributed by atoms with Crippen molar-refractivity contribution in [2.45, 2.75) is 38.6 Å². The fourth-order valence-electron chi connectivity index (χ4n) is 6.85. The van der Waals surface area contributed by atoms with Gasteiger partial charge in [0.05, 0.1) is 16.9 Å². The van der Waals surface area contributed by atoms with Crippen molar-refractivity contribution in [3.05, 3.63) is 98.0 Å². The number of hydrogen-bond donors (Lipinski definition) is 1. The van der Waals surface area contributed by atoms with Crippen molar-refractivity contribution < 1.29 is 23.9 Å². The summed E-state index contributed by atoms with van der Waals surface area (Å²) in [4.78, 5) is 55.4. The van der Waals surface area contributed by atoms with Gasteiger partial charge < -0.3 is 10.1 Å². The van der Waals surface area contributed by atoms with Gasteiger partial charge in [0.1, 0.15) is 6.04 Å². The van der Waals surface area contributed by atoms with Gasteiger partial charge in [-0.1, -0.05) is 74.0 Å². The summed E-state index contributed by atoms with van der Waals surface area (Å²) in [5, 5.41) is 3.16. The molecule has 3 aromatic carbocycles. The van der Waals surface area contributed by atoms with Gasteiger partial charge in [-0.3, -0.25) is 19.3 Å². The van der Waals surface area contributed by atoms with Crippen LogP contribution in [0.15, 0.2) is 65.1 Å². The molecule has 3 amide bonds. The first kappa shape index (κ1) is 27.7. The maximum absolute atomic E-state index is 14.1. The topological polar surface area (TPSA) is 92.8 Å². The van der Waals surface area contributed by atoms with Gasteiger partial charge in [-0.15, -0.1) is 0 Å². The van der Waals surface area contributed by atoms with E-state index in [-0.39, 0.29) is 23.7 Å². The van der Waals surface area contributed by atoms with E-state index in [1.54, 1.807) is 32.9 Å². The quantitative estimate of drug-likeness (QED) is 0.273. The number of esters is 1. The van der Waals surface area contributed by atoms with E-state index in [4.69, 9.17) is 16.3 Å². The number of carbonyl (C=O) groups excluding carboxylic acids is 4. The first-order valence-corrected chi connectivity index (χ1v) is 14.7. The molecule has 1 saturated heterocycles. The molecule has 3 atom stereocenters. The summed E-state index contributed by atoms with van der Waals surface area (Å²) in [6.07, 6.45) is 0. The summed E-state index contributed by atoms with van der Waals surface area (Å²) >= 11 is 9.60. The molecule has 4 aliphatic rings. The molecule has 41 heavy (non-hydrogen) atoms. The van der Waals surface area contributed by atoms with Crippen molar-refractivity contribution in [2.75, 3.05) is 11.9 Å². The van der Waals surface area contributed by atoms with E-state index in [9.17, 15) is 19.2 Å². The number of nitrogens with one attached hydrogen (secondary N) is 1. The summed E-state index contributed by atoms with van der Waals surface area (Å²) in [6, 6.07) is 18.2. The monoisotopic (exact) mass is 634 g/mol. The zero-order valence-corrected chi connectivity index (χ0v) is 25.0. The van der Waals surface area contributed by atoms with E-state index in [0.717, 1.165) is 27.2 Å². The van der Waals surface area contributed by atoms with E-state index < -0.39 is 42.3 Å². The Balaban J connectivity index is 1.25. The molecule has 1 fully saturated rings. The van der Waals surface area contributed by atoms with Crippen LogP contribution in [0.25, 0.3) is 0 Å². The van der Waals surface area contributed by atoms with Crippen LogP contribution < -0.4 is 5.32 Å². The van der Waals surface area contributed by atoms with E-state index in [1.165, 1.54) is 0 Å². The average molecular weight is 636 g/mol. The number of amides is 3. The highest BCUT2D eigenvalue weighted by molar-refractivity contribution is 9.10. The predicted octanol–water partition coefficient (Wildman–Crippen LogP) is 5.81. The zero-order chi connectivity index (χ0) is 29.2. The maximum atomic E-state index is 14.1. The second-order valence-electron chi connectivity index (χ2n) is 11.2. The molecule has 1 heterocycles. The van der Waals surface area contributed by atoms with Gasteiger partial charge in [-0.2, -0.15) is 0 Å². The van der Waals surface area contributed by atoms with Crippen LogP contribution in [0.1, 0.15) is 53.5 Å². The predicted molar refractivity (Wildman–Crippen MR) is 158 cm³/mol. The van der Waals surface area contributed by atoms with Gasteiger partial charge in [0.2, 0.25) is 11.8 Å². The Morgan fingerprint density at radius 2 is 1.39 bits per heavy atom. The molecular weight excluding hydrogens is 608 g/mol. The maximum Gasteiger partial charge on any atom is 0.330 e. The SMILES string of the molecule is Cc1c(NC(=O)COC(=O)[C@H](C(C)C)N2C(=O)[C@@H]3C4c5ccccc5C(c5ccccc54)[C@@H]3C2=O)ccc(Br)c1Cl. The van der Waals surface area contributed by atoms with Crippen molar-refractivity contribution in [1.82, 2.24) is 4.90 Å². The van der Waals surface area contributed by atoms with Crippen LogP contribution in [0.3, 0.4) is 0 Å². The van der Waals surface area contributed by atoms with Gasteiger partial charge in [0.25, 0.3) is 5.91 Å². The van der Waals surface area contributed by atoms with Crippen LogP contribution in [0.2, 0.25) is 5.02 Å². The third kappa shape index (κ3) is 4.30. The molecule has 0 aromatic heterocycles. The number of nitrogens with zero attached hydrogens (tertiary/aromatic N) is 1. The third-order valence-electron chi connectivity index (χ3n) is 8.59. The molecule has 3 aliphatic carbocycles. The number of imide groups is 1. The third-order valence-corrected chi connectivity index (χ3v) is 9.97. The van der Waals surface area contributed by atoms with E-state index in [0.29, 0.717) is 20.7 Å². The Hall–Kier alpha value is -3.49. The molecule has 1 aliphatic heterocycles. The van der Waals surface area contributed by atoms with Gasteiger partial charge in [-0.25, -0.2) is 4.79 Å². The summed E-state index contributed by atoms with van der Waals surface area (Å²) in [5.74, 6) is -4.22. The zero-order valence-electron chi connectivity index (χ0n) is 22.7. The van der Waals surface area contributed by atoms with Crippen molar-refractivity contribution in [1.29, 1.82) is 0 Å². The Bertz CT molecular complexity index is 1510. The number of ether oxygens (including phenoxy) is 1. The minimum absolute atomic E-state index is 0.269. The lowest BCUT2D eigenvalue weighted by Gasteiger charge is -2.45. The Kier molecular flexibility index (Phi) is 7.02. The number of likely N-dealkylation sites (tertiary alicyclic amines) is 1. The first-order chi connectivity index (χ1) is 19.6. The molecule has 9 heteroatoms. The molecule has 0 spiro atoms. The average Bonchev–Trinajstić information content (AvgIpc) is 3.22. The minimum Gasteiger partial charge on any atom is -0.454 e. The van der Waals surface area contributed by atoms with Gasteiger partial charge in [0.15, 0.2) is 6.61 Å². The number of benzene rings is 3. The lowest BCUT2D eigenvalue weighted by molar-refractivity contribution is -0.162. The fourth-order valence-corrected chi connectivity index (χ4v) is 7.44. The second-order valence-corrected chi connectivity index (χ2v) is 12.4. The standard InChI is InChI=1S/C32H28BrClN2O5/c1-15(2)29(32(40)41-14-23(37)35-22-13-12-21(33)28(34)16(22)3)36-30(38)26-24-17-8-4-5-9-18(17)25(27(26)31(36)39)20-11-7-6-10-19(20)24/h4-13,15,24-27,29H,14H2,1-3H3,(H,35,37)/t24?,25?,26-,27+,29-/m0/s1. The fraction of sp³-hybridized carbons (Fsp3) is 0.312.